The van der Waals surface area contributed by atoms with E-state index >= 15 is 0 Å². The van der Waals surface area contributed by atoms with Crippen molar-refractivity contribution in [3.05, 3.63) is 107 Å². The highest BCUT2D eigenvalue weighted by Crippen LogP contribution is 2.32. The minimum absolute atomic E-state index is 0.124. The summed E-state index contributed by atoms with van der Waals surface area (Å²) in [5.74, 6) is 2.95. The summed E-state index contributed by atoms with van der Waals surface area (Å²) in [6, 6.07) is 26.0. The van der Waals surface area contributed by atoms with Gasteiger partial charge in [-0.15, -0.1) is 0 Å². The third-order valence-corrected chi connectivity index (χ3v) is 8.38. The summed E-state index contributed by atoms with van der Waals surface area (Å²) in [6.07, 6.45) is 0. The van der Waals surface area contributed by atoms with Crippen molar-refractivity contribution in [1.82, 2.24) is 20.2 Å². The first-order chi connectivity index (χ1) is 21.1. The summed E-state index contributed by atoms with van der Waals surface area (Å²) in [5.41, 5.74) is 4.87. The number of hydrogen-bond donors (Lipinski definition) is 1. The highest BCUT2D eigenvalue weighted by molar-refractivity contribution is 7.98. The first kappa shape index (κ1) is 29.0. The number of thioether (sulfide) groups is 1. The van der Waals surface area contributed by atoms with Crippen molar-refractivity contribution in [2.75, 3.05) is 45.0 Å². The fourth-order valence-corrected chi connectivity index (χ4v) is 5.95. The van der Waals surface area contributed by atoms with E-state index in [-0.39, 0.29) is 12.7 Å². The number of benzene rings is 3. The first-order valence-corrected chi connectivity index (χ1v) is 15.4. The topological polar surface area (TPSA) is 89.1 Å². The van der Waals surface area contributed by atoms with Crippen LogP contribution in [0.3, 0.4) is 0 Å². The van der Waals surface area contributed by atoms with E-state index in [9.17, 15) is 4.79 Å². The standard InChI is InChI=1S/C33H35N5O4S/c1-40-21-28-18-31(38-15-13-37(14-16-38)20-24-5-3-2-4-6-24)36-33(35-28)43-22-25-7-10-27(11-8-25)32(39)34-19-26-9-12-29-30(17-26)42-23-41-29/h2-12,17-18H,13-16,19-23H2,1H3,(H,34,39). The molecule has 0 atom stereocenters. The van der Waals surface area contributed by atoms with Crippen molar-refractivity contribution < 1.29 is 19.0 Å². The predicted octanol–water partition coefficient (Wildman–Crippen LogP) is 4.90. The molecule has 1 amide bonds. The van der Waals surface area contributed by atoms with Crippen LogP contribution in [0.25, 0.3) is 0 Å². The Balaban J connectivity index is 1.03. The predicted molar refractivity (Wildman–Crippen MR) is 166 cm³/mol. The Morgan fingerprint density at radius 1 is 0.884 bits per heavy atom. The molecule has 1 fully saturated rings. The van der Waals surface area contributed by atoms with E-state index in [0.29, 0.717) is 30.2 Å². The Hall–Kier alpha value is -4.12. The second-order valence-corrected chi connectivity index (χ2v) is 11.5. The van der Waals surface area contributed by atoms with E-state index in [2.05, 4.69) is 45.4 Å². The van der Waals surface area contributed by atoms with Crippen LogP contribution in [0.5, 0.6) is 11.5 Å². The third-order valence-electron chi connectivity index (χ3n) is 7.46. The number of ether oxygens (including phenoxy) is 3. The van der Waals surface area contributed by atoms with Crippen LogP contribution in [0.15, 0.2) is 84.0 Å². The molecule has 1 N–H and O–H groups in total. The van der Waals surface area contributed by atoms with E-state index in [4.69, 9.17) is 24.2 Å². The summed E-state index contributed by atoms with van der Waals surface area (Å²) in [5, 5.41) is 3.70. The molecule has 222 valence electrons. The average molecular weight is 598 g/mol. The zero-order chi connectivity index (χ0) is 29.4. The van der Waals surface area contributed by atoms with Gasteiger partial charge in [-0.2, -0.15) is 0 Å². The van der Waals surface area contributed by atoms with Gasteiger partial charge in [0.2, 0.25) is 6.79 Å². The number of nitrogens with zero attached hydrogens (tertiary/aromatic N) is 4. The van der Waals surface area contributed by atoms with Gasteiger partial charge >= 0.3 is 0 Å². The van der Waals surface area contributed by atoms with Gasteiger partial charge in [-0.05, 0) is 41.0 Å². The molecule has 4 aromatic rings. The number of anilines is 1. The van der Waals surface area contributed by atoms with Gasteiger partial charge in [0.15, 0.2) is 16.7 Å². The molecule has 0 aliphatic carbocycles. The van der Waals surface area contributed by atoms with Crippen molar-refractivity contribution in [3.63, 3.8) is 0 Å². The van der Waals surface area contributed by atoms with E-state index in [1.54, 1.807) is 18.9 Å². The minimum atomic E-state index is -0.124. The number of piperazine rings is 1. The lowest BCUT2D eigenvalue weighted by molar-refractivity contribution is 0.0951. The zero-order valence-electron chi connectivity index (χ0n) is 24.2. The van der Waals surface area contributed by atoms with E-state index in [0.717, 1.165) is 66.3 Å². The van der Waals surface area contributed by atoms with Crippen molar-refractivity contribution in [2.24, 2.45) is 0 Å². The van der Waals surface area contributed by atoms with Crippen LogP contribution in [0.4, 0.5) is 5.82 Å². The number of amides is 1. The summed E-state index contributed by atoms with van der Waals surface area (Å²) < 4.78 is 16.2. The highest BCUT2D eigenvalue weighted by atomic mass is 32.2. The molecule has 1 saturated heterocycles. The van der Waals surface area contributed by atoms with Crippen LogP contribution in [0.1, 0.15) is 32.7 Å². The lowest BCUT2D eigenvalue weighted by Crippen LogP contribution is -2.46. The monoisotopic (exact) mass is 597 g/mol. The molecular weight excluding hydrogens is 562 g/mol. The fraction of sp³-hybridized carbons (Fsp3) is 0.303. The third kappa shape index (κ3) is 7.64. The molecule has 0 saturated carbocycles. The highest BCUT2D eigenvalue weighted by Gasteiger charge is 2.20. The van der Waals surface area contributed by atoms with Crippen LogP contribution in [0.2, 0.25) is 0 Å². The lowest BCUT2D eigenvalue weighted by atomic mass is 10.1. The number of methoxy groups -OCH3 is 1. The lowest BCUT2D eigenvalue weighted by Gasteiger charge is -2.35. The van der Waals surface area contributed by atoms with Gasteiger partial charge in [-0.3, -0.25) is 9.69 Å². The van der Waals surface area contributed by atoms with E-state index in [1.807, 2.05) is 48.5 Å². The Labute approximate surface area is 256 Å². The SMILES string of the molecule is COCc1cc(N2CCN(Cc3ccccc3)CC2)nc(SCc2ccc(C(=O)NCc3ccc4c(c3)OCO4)cc2)n1. The largest absolute Gasteiger partial charge is 0.454 e. The number of carbonyl (C=O) groups excluding carboxylic acids is 1. The Morgan fingerprint density at radius 2 is 1.65 bits per heavy atom. The van der Waals surface area contributed by atoms with Crippen molar-refractivity contribution in [3.8, 4) is 11.5 Å². The van der Waals surface area contributed by atoms with Crippen LogP contribution >= 0.6 is 11.8 Å². The number of nitrogens with one attached hydrogen (secondary N) is 1. The average Bonchev–Trinajstić information content (AvgIpc) is 3.52. The molecule has 6 rings (SSSR count). The summed E-state index contributed by atoms with van der Waals surface area (Å²) in [6.45, 7) is 5.84. The van der Waals surface area contributed by atoms with Gasteiger partial charge in [0.05, 0.1) is 12.3 Å². The number of hydrogen-bond acceptors (Lipinski definition) is 9. The van der Waals surface area contributed by atoms with Gasteiger partial charge in [0.25, 0.3) is 5.91 Å². The quantitative estimate of drug-likeness (QED) is 0.192. The molecule has 0 radical (unpaired) electrons. The molecule has 0 spiro atoms. The maximum Gasteiger partial charge on any atom is 0.251 e. The molecular formula is C33H35N5O4S. The smallest absolute Gasteiger partial charge is 0.251 e. The summed E-state index contributed by atoms with van der Waals surface area (Å²) in [7, 11) is 1.68. The minimum Gasteiger partial charge on any atom is -0.454 e. The van der Waals surface area contributed by atoms with Gasteiger partial charge in [0.1, 0.15) is 5.82 Å². The number of rotatable bonds is 11. The van der Waals surface area contributed by atoms with Gasteiger partial charge in [-0.25, -0.2) is 9.97 Å². The zero-order valence-corrected chi connectivity index (χ0v) is 25.0. The maximum atomic E-state index is 12.7. The first-order valence-electron chi connectivity index (χ1n) is 14.4. The van der Waals surface area contributed by atoms with Crippen LogP contribution in [-0.2, 0) is 30.2 Å². The van der Waals surface area contributed by atoms with Gasteiger partial charge < -0.3 is 24.4 Å². The number of carbonyl (C=O) groups is 1. The Bertz CT molecular complexity index is 1530. The van der Waals surface area contributed by atoms with Crippen molar-refractivity contribution in [2.45, 2.75) is 30.6 Å². The maximum absolute atomic E-state index is 12.7. The molecule has 1 aromatic heterocycles. The van der Waals surface area contributed by atoms with Crippen molar-refractivity contribution in [1.29, 1.82) is 0 Å². The van der Waals surface area contributed by atoms with E-state index in [1.165, 1.54) is 5.56 Å². The molecule has 2 aliphatic heterocycles. The molecule has 3 aromatic carbocycles. The Kier molecular flexibility index (Phi) is 9.37. The fourth-order valence-electron chi connectivity index (χ4n) is 5.12. The van der Waals surface area contributed by atoms with Crippen LogP contribution < -0.4 is 19.7 Å². The van der Waals surface area contributed by atoms with Gasteiger partial charge in [0, 0.05) is 63.8 Å². The molecule has 3 heterocycles. The molecule has 0 bridgehead atoms. The van der Waals surface area contributed by atoms with Crippen molar-refractivity contribution >= 4 is 23.5 Å². The van der Waals surface area contributed by atoms with E-state index < -0.39 is 0 Å². The molecule has 0 unspecified atom stereocenters. The van der Waals surface area contributed by atoms with Gasteiger partial charge in [-0.1, -0.05) is 60.3 Å². The molecule has 43 heavy (non-hydrogen) atoms. The number of aromatic nitrogens is 2. The van der Waals surface area contributed by atoms with Crippen LogP contribution in [-0.4, -0.2) is 60.9 Å². The second-order valence-electron chi connectivity index (χ2n) is 10.5. The van der Waals surface area contributed by atoms with Crippen LogP contribution in [0, 0.1) is 0 Å². The summed E-state index contributed by atoms with van der Waals surface area (Å²) >= 11 is 1.59. The second kappa shape index (κ2) is 13.9. The number of fused-ring (bicyclic) bond motifs is 1. The molecule has 10 heteroatoms. The summed E-state index contributed by atoms with van der Waals surface area (Å²) in [4.78, 5) is 27.2. The molecule has 2 aliphatic rings. The Morgan fingerprint density at radius 3 is 2.44 bits per heavy atom. The normalized spacial score (nSPS) is 14.6. The molecule has 9 nitrogen and oxygen atoms in total.